The second-order valence-electron chi connectivity index (χ2n) is 4.40. The van der Waals surface area contributed by atoms with Crippen molar-refractivity contribution < 1.29 is 0 Å². The summed E-state index contributed by atoms with van der Waals surface area (Å²) in [7, 11) is 0. The average molecular weight is 276 g/mol. The molecule has 3 rings (SSSR count). The van der Waals surface area contributed by atoms with E-state index in [1.807, 2.05) is 41.4 Å². The predicted octanol–water partition coefficient (Wildman–Crippen LogP) is 3.65. The third kappa shape index (κ3) is 2.94. The number of hydrogen-bond donors (Lipinski definition) is 1. The molecule has 0 unspecified atom stereocenters. The Morgan fingerprint density at radius 1 is 1.17 bits per heavy atom. The summed E-state index contributed by atoms with van der Waals surface area (Å²) in [6.07, 6.45) is 4.41. The summed E-state index contributed by atoms with van der Waals surface area (Å²) in [6.45, 7) is 2.33. The van der Waals surface area contributed by atoms with Gasteiger partial charge in [0.2, 0.25) is 0 Å². The number of nitrogens with one attached hydrogen (secondary N) is 1. The van der Waals surface area contributed by atoms with E-state index in [9.17, 15) is 0 Å². The Morgan fingerprint density at radius 3 is 2.83 bits per heavy atom. The number of thiophene rings is 1. The minimum Gasteiger partial charge on any atom is -0.317 e. The molecular formula is C14H16N2S2. The highest BCUT2D eigenvalue weighted by Gasteiger charge is 2.15. The third-order valence-corrected chi connectivity index (χ3v) is 5.68. The lowest BCUT2D eigenvalue weighted by Gasteiger charge is -2.21. The topological polar surface area (TPSA) is 24.9 Å². The molecule has 1 fully saturated rings. The lowest BCUT2D eigenvalue weighted by atomic mass is 10.2. The van der Waals surface area contributed by atoms with Gasteiger partial charge < -0.3 is 5.32 Å². The molecule has 0 spiro atoms. The average Bonchev–Trinajstić information content (AvgIpc) is 2.89. The van der Waals surface area contributed by atoms with Gasteiger partial charge in [-0.25, -0.2) is 0 Å². The van der Waals surface area contributed by atoms with Gasteiger partial charge in [-0.05, 0) is 50.2 Å². The Hall–Kier alpha value is -0.840. The van der Waals surface area contributed by atoms with Crippen molar-refractivity contribution in [2.24, 2.45) is 0 Å². The van der Waals surface area contributed by atoms with Gasteiger partial charge in [0, 0.05) is 11.4 Å². The van der Waals surface area contributed by atoms with Crippen molar-refractivity contribution in [3.05, 3.63) is 36.5 Å². The predicted molar refractivity (Wildman–Crippen MR) is 79.3 cm³/mol. The van der Waals surface area contributed by atoms with Crippen LogP contribution in [0.5, 0.6) is 0 Å². The number of nitrogens with zero attached hydrogens (tertiary/aromatic N) is 1. The lowest BCUT2D eigenvalue weighted by molar-refractivity contribution is 0.532. The van der Waals surface area contributed by atoms with Crippen molar-refractivity contribution in [2.45, 2.75) is 22.3 Å². The molecule has 2 aromatic rings. The van der Waals surface area contributed by atoms with Crippen LogP contribution >= 0.6 is 23.1 Å². The highest BCUT2D eigenvalue weighted by molar-refractivity contribution is 8.01. The molecule has 2 nitrogen and oxygen atoms in total. The molecule has 0 amide bonds. The second kappa shape index (κ2) is 5.87. The first kappa shape index (κ1) is 12.2. The van der Waals surface area contributed by atoms with Gasteiger partial charge in [0.05, 0.1) is 14.8 Å². The largest absolute Gasteiger partial charge is 0.317 e. The standard InChI is InChI=1S/C14H16N2S2/c1-2-8-16-12(3-1)13-4-5-14(18-13)17-11-6-9-15-10-7-11/h1-5,8,11,15H,6-7,9-10H2. The van der Waals surface area contributed by atoms with Gasteiger partial charge in [0.15, 0.2) is 0 Å². The molecule has 94 valence electrons. The number of pyridine rings is 1. The fourth-order valence-electron chi connectivity index (χ4n) is 2.11. The molecule has 1 aliphatic rings. The zero-order valence-corrected chi connectivity index (χ0v) is 11.8. The molecule has 3 heterocycles. The van der Waals surface area contributed by atoms with Crippen molar-refractivity contribution >= 4 is 23.1 Å². The summed E-state index contributed by atoms with van der Waals surface area (Å²) in [6, 6.07) is 10.5. The molecule has 1 aliphatic heterocycles. The van der Waals surface area contributed by atoms with Crippen LogP contribution in [-0.4, -0.2) is 23.3 Å². The summed E-state index contributed by atoms with van der Waals surface area (Å²) in [5.74, 6) is 0. The van der Waals surface area contributed by atoms with Crippen LogP contribution < -0.4 is 5.32 Å². The van der Waals surface area contributed by atoms with E-state index in [4.69, 9.17) is 0 Å². The Balaban J connectivity index is 1.69. The minimum atomic E-state index is 0.779. The Morgan fingerprint density at radius 2 is 2.06 bits per heavy atom. The van der Waals surface area contributed by atoms with Crippen molar-refractivity contribution in [3.8, 4) is 10.6 Å². The molecule has 1 saturated heterocycles. The summed E-state index contributed by atoms with van der Waals surface area (Å²) in [5, 5.41) is 4.19. The van der Waals surface area contributed by atoms with Gasteiger partial charge in [-0.15, -0.1) is 23.1 Å². The van der Waals surface area contributed by atoms with E-state index in [0.717, 1.165) is 24.0 Å². The number of hydrogen-bond acceptors (Lipinski definition) is 4. The van der Waals surface area contributed by atoms with Crippen LogP contribution in [0.2, 0.25) is 0 Å². The molecule has 1 N–H and O–H groups in total. The van der Waals surface area contributed by atoms with Crippen LogP contribution in [0.3, 0.4) is 0 Å². The van der Waals surface area contributed by atoms with Gasteiger partial charge in [-0.2, -0.15) is 0 Å². The van der Waals surface area contributed by atoms with Crippen LogP contribution in [-0.2, 0) is 0 Å². The van der Waals surface area contributed by atoms with Crippen LogP contribution in [0.25, 0.3) is 10.6 Å². The number of piperidine rings is 1. The first-order valence-corrected chi connectivity index (χ1v) is 8.00. The SMILES string of the molecule is c1ccc(-c2ccc(SC3CCNCC3)s2)nc1. The van der Waals surface area contributed by atoms with E-state index >= 15 is 0 Å². The molecule has 0 saturated carbocycles. The minimum absolute atomic E-state index is 0.779. The van der Waals surface area contributed by atoms with Crippen LogP contribution in [0.15, 0.2) is 40.7 Å². The molecule has 0 aliphatic carbocycles. The number of aromatic nitrogens is 1. The van der Waals surface area contributed by atoms with E-state index in [-0.39, 0.29) is 0 Å². The van der Waals surface area contributed by atoms with Gasteiger partial charge in [0.1, 0.15) is 0 Å². The smallest absolute Gasteiger partial charge is 0.0802 e. The van der Waals surface area contributed by atoms with E-state index in [2.05, 4.69) is 28.5 Å². The normalized spacial score (nSPS) is 16.9. The molecular weight excluding hydrogens is 260 g/mol. The maximum Gasteiger partial charge on any atom is 0.0802 e. The molecule has 18 heavy (non-hydrogen) atoms. The highest BCUT2D eigenvalue weighted by Crippen LogP contribution is 2.37. The van der Waals surface area contributed by atoms with Gasteiger partial charge in [-0.1, -0.05) is 6.07 Å². The molecule has 4 heteroatoms. The third-order valence-electron chi connectivity index (χ3n) is 3.07. The van der Waals surface area contributed by atoms with E-state index in [0.29, 0.717) is 0 Å². The van der Waals surface area contributed by atoms with Crippen LogP contribution in [0.4, 0.5) is 0 Å². The fourth-order valence-corrected chi connectivity index (χ4v) is 4.64. The number of thioether (sulfide) groups is 1. The van der Waals surface area contributed by atoms with E-state index in [1.54, 1.807) is 0 Å². The van der Waals surface area contributed by atoms with Gasteiger partial charge in [-0.3, -0.25) is 4.98 Å². The Bertz CT molecular complexity index is 490. The second-order valence-corrected chi connectivity index (χ2v) is 7.09. The quantitative estimate of drug-likeness (QED) is 0.926. The van der Waals surface area contributed by atoms with Gasteiger partial charge >= 0.3 is 0 Å². The van der Waals surface area contributed by atoms with Crippen molar-refractivity contribution in [3.63, 3.8) is 0 Å². The lowest BCUT2D eigenvalue weighted by Crippen LogP contribution is -2.28. The monoisotopic (exact) mass is 276 g/mol. The first-order valence-electron chi connectivity index (χ1n) is 6.30. The maximum atomic E-state index is 4.40. The van der Waals surface area contributed by atoms with E-state index < -0.39 is 0 Å². The highest BCUT2D eigenvalue weighted by atomic mass is 32.2. The maximum absolute atomic E-state index is 4.40. The molecule has 0 radical (unpaired) electrons. The Kier molecular flexibility index (Phi) is 3.98. The van der Waals surface area contributed by atoms with Gasteiger partial charge in [0.25, 0.3) is 0 Å². The zero-order valence-electron chi connectivity index (χ0n) is 10.1. The Labute approximate surface area is 116 Å². The van der Waals surface area contributed by atoms with E-state index in [1.165, 1.54) is 21.9 Å². The summed E-state index contributed by atoms with van der Waals surface area (Å²) in [4.78, 5) is 5.67. The molecule has 2 aromatic heterocycles. The molecule has 0 aromatic carbocycles. The molecule has 0 atom stereocenters. The van der Waals surface area contributed by atoms with Crippen molar-refractivity contribution in [2.75, 3.05) is 13.1 Å². The van der Waals surface area contributed by atoms with Crippen LogP contribution in [0.1, 0.15) is 12.8 Å². The molecule has 0 bridgehead atoms. The summed E-state index contributed by atoms with van der Waals surface area (Å²) >= 11 is 3.89. The van der Waals surface area contributed by atoms with Crippen LogP contribution in [0, 0.1) is 0 Å². The first-order chi connectivity index (χ1) is 8.92. The fraction of sp³-hybridized carbons (Fsp3) is 0.357. The summed E-state index contributed by atoms with van der Waals surface area (Å²) in [5.41, 5.74) is 1.08. The number of rotatable bonds is 3. The zero-order chi connectivity index (χ0) is 12.2. The summed E-state index contributed by atoms with van der Waals surface area (Å²) < 4.78 is 1.42. The van der Waals surface area contributed by atoms with Crippen molar-refractivity contribution in [1.29, 1.82) is 0 Å². The van der Waals surface area contributed by atoms with Crippen molar-refractivity contribution in [1.82, 2.24) is 10.3 Å².